The summed E-state index contributed by atoms with van der Waals surface area (Å²) < 4.78 is 10.7. The number of ether oxygens (including phenoxy) is 2. The standard InChI is InChI=1S/C25H19N3O9/c29-23(16-4-8-21(9-5-16)37-22-10-6-18(7-11-22)27(32)33)15-36-25(31)17-12-24(30)26(14-17)19-2-1-3-20(13-19)28(34)35/h1-11,13,17H,12,14-15H2/t17-/m1/s1. The van der Waals surface area contributed by atoms with Crippen molar-refractivity contribution in [2.75, 3.05) is 18.1 Å². The van der Waals surface area contributed by atoms with Gasteiger partial charge < -0.3 is 14.4 Å². The first kappa shape index (κ1) is 25.0. The molecule has 0 spiro atoms. The van der Waals surface area contributed by atoms with Crippen molar-refractivity contribution in [3.8, 4) is 11.5 Å². The van der Waals surface area contributed by atoms with Crippen LogP contribution in [0.4, 0.5) is 17.1 Å². The van der Waals surface area contributed by atoms with Crippen LogP contribution in [0, 0.1) is 26.1 Å². The van der Waals surface area contributed by atoms with Gasteiger partial charge in [0.15, 0.2) is 12.4 Å². The summed E-state index contributed by atoms with van der Waals surface area (Å²) in [6.07, 6.45) is -0.135. The number of ketones is 1. The number of amides is 1. The van der Waals surface area contributed by atoms with Crippen molar-refractivity contribution in [1.82, 2.24) is 0 Å². The molecule has 1 saturated heterocycles. The van der Waals surface area contributed by atoms with Gasteiger partial charge >= 0.3 is 5.97 Å². The van der Waals surface area contributed by atoms with Gasteiger partial charge in [-0.1, -0.05) is 6.07 Å². The van der Waals surface area contributed by atoms with Crippen LogP contribution in [0.5, 0.6) is 11.5 Å². The van der Waals surface area contributed by atoms with Crippen LogP contribution >= 0.6 is 0 Å². The molecule has 3 aromatic carbocycles. The van der Waals surface area contributed by atoms with Crippen molar-refractivity contribution in [3.63, 3.8) is 0 Å². The van der Waals surface area contributed by atoms with Gasteiger partial charge in [0.25, 0.3) is 11.4 Å². The highest BCUT2D eigenvalue weighted by atomic mass is 16.6. The second-order valence-electron chi connectivity index (χ2n) is 8.09. The molecule has 1 aliphatic heterocycles. The van der Waals surface area contributed by atoms with Gasteiger partial charge in [-0.3, -0.25) is 34.6 Å². The number of rotatable bonds is 9. The fourth-order valence-corrected chi connectivity index (χ4v) is 3.71. The van der Waals surface area contributed by atoms with Gasteiger partial charge in [-0.2, -0.15) is 0 Å². The van der Waals surface area contributed by atoms with E-state index in [9.17, 15) is 34.6 Å². The summed E-state index contributed by atoms with van der Waals surface area (Å²) in [5, 5.41) is 21.7. The minimum absolute atomic E-state index is 0.0122. The number of anilines is 1. The maximum atomic E-state index is 12.5. The summed E-state index contributed by atoms with van der Waals surface area (Å²) in [6.45, 7) is -0.537. The second kappa shape index (κ2) is 10.6. The third-order valence-corrected chi connectivity index (χ3v) is 5.62. The average Bonchev–Trinajstić information content (AvgIpc) is 3.29. The Morgan fingerprint density at radius 3 is 2.14 bits per heavy atom. The Labute approximate surface area is 209 Å². The van der Waals surface area contributed by atoms with Crippen molar-refractivity contribution in [3.05, 3.63) is 98.6 Å². The first-order valence-electron chi connectivity index (χ1n) is 11.0. The van der Waals surface area contributed by atoms with Crippen LogP contribution in [0.15, 0.2) is 72.8 Å². The zero-order chi connectivity index (χ0) is 26.5. The van der Waals surface area contributed by atoms with Gasteiger partial charge in [0.1, 0.15) is 11.5 Å². The molecule has 0 saturated carbocycles. The van der Waals surface area contributed by atoms with Gasteiger partial charge in [-0.15, -0.1) is 0 Å². The number of hydrogen-bond donors (Lipinski definition) is 0. The summed E-state index contributed by atoms with van der Waals surface area (Å²) in [5.41, 5.74) is 0.332. The van der Waals surface area contributed by atoms with Crippen LogP contribution in [0.25, 0.3) is 0 Å². The molecule has 1 amide bonds. The molecule has 1 fully saturated rings. The number of nitro groups is 2. The number of carbonyl (C=O) groups is 3. The number of nitrogens with zero attached hydrogens (tertiary/aromatic N) is 3. The molecule has 4 rings (SSSR count). The van der Waals surface area contributed by atoms with E-state index in [-0.39, 0.29) is 35.8 Å². The van der Waals surface area contributed by atoms with E-state index in [4.69, 9.17) is 9.47 Å². The minimum Gasteiger partial charge on any atom is -0.457 e. The lowest BCUT2D eigenvalue weighted by atomic mass is 10.1. The molecule has 1 heterocycles. The quantitative estimate of drug-likeness (QED) is 0.181. The normalized spacial score (nSPS) is 14.8. The third kappa shape index (κ3) is 5.93. The van der Waals surface area contributed by atoms with E-state index in [1.807, 2.05) is 0 Å². The third-order valence-electron chi connectivity index (χ3n) is 5.62. The maximum Gasteiger partial charge on any atom is 0.311 e. The molecule has 37 heavy (non-hydrogen) atoms. The van der Waals surface area contributed by atoms with E-state index in [1.54, 1.807) is 0 Å². The smallest absolute Gasteiger partial charge is 0.311 e. The molecular formula is C25H19N3O9. The molecule has 0 N–H and O–H groups in total. The number of esters is 1. The van der Waals surface area contributed by atoms with Crippen LogP contribution in [0.1, 0.15) is 16.8 Å². The molecule has 0 radical (unpaired) electrons. The monoisotopic (exact) mass is 505 g/mol. The van der Waals surface area contributed by atoms with Crippen molar-refractivity contribution >= 4 is 34.7 Å². The Hall–Kier alpha value is -5.13. The molecule has 0 unspecified atom stereocenters. The zero-order valence-corrected chi connectivity index (χ0v) is 19.1. The fourth-order valence-electron chi connectivity index (χ4n) is 3.71. The molecular weight excluding hydrogens is 486 g/mol. The number of nitro benzene ring substituents is 2. The Bertz CT molecular complexity index is 1370. The summed E-state index contributed by atoms with van der Waals surface area (Å²) in [5.74, 6) is -1.59. The fraction of sp³-hybridized carbons (Fsp3) is 0.160. The molecule has 0 bridgehead atoms. The summed E-state index contributed by atoms with van der Waals surface area (Å²) in [7, 11) is 0. The predicted octanol–water partition coefficient (Wildman–Crippen LogP) is 4.07. The summed E-state index contributed by atoms with van der Waals surface area (Å²) in [4.78, 5) is 59.2. The lowest BCUT2D eigenvalue weighted by molar-refractivity contribution is -0.385. The first-order valence-corrected chi connectivity index (χ1v) is 11.0. The second-order valence-corrected chi connectivity index (χ2v) is 8.09. The van der Waals surface area contributed by atoms with E-state index >= 15 is 0 Å². The number of carbonyl (C=O) groups excluding carboxylic acids is 3. The van der Waals surface area contributed by atoms with Crippen LogP contribution < -0.4 is 9.64 Å². The summed E-state index contributed by atoms with van der Waals surface area (Å²) in [6, 6.07) is 17.1. The number of non-ortho nitro benzene ring substituents is 2. The van der Waals surface area contributed by atoms with Crippen molar-refractivity contribution < 1.29 is 33.7 Å². The van der Waals surface area contributed by atoms with Gasteiger partial charge in [-0.05, 0) is 42.5 Å². The maximum absolute atomic E-state index is 12.5. The Balaban J connectivity index is 1.30. The number of Topliss-reactive ketones (excluding diaryl/α,β-unsaturated/α-hetero) is 1. The SMILES string of the molecule is O=C(COC(=O)[C@@H]1CC(=O)N(c2cccc([N+](=O)[O-])c2)C1)c1ccc(Oc2ccc([N+](=O)[O-])cc2)cc1. The van der Waals surface area contributed by atoms with E-state index in [1.165, 1.54) is 77.7 Å². The Kier molecular flexibility index (Phi) is 7.19. The Morgan fingerprint density at radius 1 is 0.892 bits per heavy atom. The minimum atomic E-state index is -0.808. The predicted molar refractivity (Wildman–Crippen MR) is 128 cm³/mol. The topological polar surface area (TPSA) is 159 Å². The van der Waals surface area contributed by atoms with Crippen LogP contribution in [-0.4, -0.2) is 40.7 Å². The van der Waals surface area contributed by atoms with Crippen LogP contribution in [-0.2, 0) is 14.3 Å². The molecule has 0 aliphatic carbocycles. The van der Waals surface area contributed by atoms with E-state index in [0.29, 0.717) is 17.2 Å². The molecule has 1 atom stereocenters. The number of hydrogen-bond acceptors (Lipinski definition) is 9. The zero-order valence-electron chi connectivity index (χ0n) is 19.1. The molecule has 12 nitrogen and oxygen atoms in total. The van der Waals surface area contributed by atoms with Crippen LogP contribution in [0.2, 0.25) is 0 Å². The highest BCUT2D eigenvalue weighted by Gasteiger charge is 2.36. The molecule has 1 aliphatic rings. The molecule has 0 aromatic heterocycles. The van der Waals surface area contributed by atoms with Crippen molar-refractivity contribution in [2.45, 2.75) is 6.42 Å². The van der Waals surface area contributed by atoms with Gasteiger partial charge in [0.2, 0.25) is 5.91 Å². The average molecular weight is 505 g/mol. The lowest BCUT2D eigenvalue weighted by Gasteiger charge is -2.16. The van der Waals surface area contributed by atoms with E-state index < -0.39 is 34.1 Å². The number of benzene rings is 3. The summed E-state index contributed by atoms with van der Waals surface area (Å²) >= 11 is 0. The molecule has 3 aromatic rings. The van der Waals surface area contributed by atoms with Crippen molar-refractivity contribution in [1.29, 1.82) is 0 Å². The highest BCUT2D eigenvalue weighted by Crippen LogP contribution is 2.29. The molecule has 188 valence electrons. The first-order chi connectivity index (χ1) is 17.7. The van der Waals surface area contributed by atoms with Crippen LogP contribution in [0.3, 0.4) is 0 Å². The van der Waals surface area contributed by atoms with Gasteiger partial charge in [0.05, 0.1) is 21.5 Å². The highest BCUT2D eigenvalue weighted by molar-refractivity contribution is 6.01. The molecule has 12 heteroatoms. The van der Waals surface area contributed by atoms with E-state index in [2.05, 4.69) is 0 Å². The van der Waals surface area contributed by atoms with Gasteiger partial charge in [0, 0.05) is 42.8 Å². The van der Waals surface area contributed by atoms with Gasteiger partial charge in [-0.25, -0.2) is 0 Å². The largest absolute Gasteiger partial charge is 0.457 e. The van der Waals surface area contributed by atoms with E-state index in [0.717, 1.165) is 0 Å². The Morgan fingerprint density at radius 2 is 1.51 bits per heavy atom. The van der Waals surface area contributed by atoms with Crippen molar-refractivity contribution in [2.24, 2.45) is 5.92 Å². The lowest BCUT2D eigenvalue weighted by Crippen LogP contribution is -2.27.